The molecule has 54 valence electrons. The number of hydrogen-bond acceptors (Lipinski definition) is 2. The number of hydrogen-bond donors (Lipinski definition) is 1. The van der Waals surface area contributed by atoms with Gasteiger partial charge in [0.1, 0.15) is 0 Å². The number of rotatable bonds is 3. The molecule has 0 aromatic heterocycles. The molecule has 0 bridgehead atoms. The second kappa shape index (κ2) is 7.27. The monoisotopic (exact) mass is 131 g/mol. The van der Waals surface area contributed by atoms with Crippen molar-refractivity contribution in [2.45, 2.75) is 26.9 Å². The lowest BCUT2D eigenvalue weighted by Gasteiger charge is -1.95. The first-order valence-corrected chi connectivity index (χ1v) is 2.46. The lowest BCUT2D eigenvalue weighted by Crippen LogP contribution is -1.99. The molecule has 0 aromatic carbocycles. The first-order chi connectivity index (χ1) is 3.77. The van der Waals surface area contributed by atoms with E-state index in [1.54, 1.807) is 6.92 Å². The van der Waals surface area contributed by atoms with E-state index in [4.69, 9.17) is 10.6 Å². The summed E-state index contributed by atoms with van der Waals surface area (Å²) in [6.45, 7) is 2.04. The van der Waals surface area contributed by atoms with Crippen LogP contribution in [0.25, 0.3) is 10.4 Å². The van der Waals surface area contributed by atoms with Crippen LogP contribution in [0.15, 0.2) is 5.11 Å². The van der Waals surface area contributed by atoms with E-state index in [-0.39, 0.29) is 13.5 Å². The molecular formula is C5H13N3O. The standard InChI is InChI=1S/C4H9N3O.CH4/c1-4(8)2-3-6-7-5;/h4,8H,2-3H2,1H3;1H4. The molecule has 0 fully saturated rings. The Labute approximate surface area is 55.1 Å². The molecule has 0 aliphatic rings. The molecule has 9 heavy (non-hydrogen) atoms. The highest BCUT2D eigenvalue weighted by molar-refractivity contribution is 4.50. The summed E-state index contributed by atoms with van der Waals surface area (Å²) in [5, 5.41) is 11.8. The molecule has 4 nitrogen and oxygen atoms in total. The van der Waals surface area contributed by atoms with Gasteiger partial charge in [0.05, 0.1) is 6.10 Å². The van der Waals surface area contributed by atoms with Gasteiger partial charge in [0, 0.05) is 11.5 Å². The van der Waals surface area contributed by atoms with Gasteiger partial charge in [-0.1, -0.05) is 12.5 Å². The van der Waals surface area contributed by atoms with Crippen molar-refractivity contribution in [3.8, 4) is 0 Å². The largest absolute Gasteiger partial charge is 0.393 e. The molecule has 1 unspecified atom stereocenters. The molecule has 0 aliphatic heterocycles. The van der Waals surface area contributed by atoms with E-state index in [0.29, 0.717) is 13.0 Å². The summed E-state index contributed by atoms with van der Waals surface area (Å²) in [7, 11) is 0. The van der Waals surface area contributed by atoms with Crippen LogP contribution < -0.4 is 0 Å². The first kappa shape index (κ1) is 11.1. The van der Waals surface area contributed by atoms with Gasteiger partial charge in [-0.15, -0.1) is 0 Å². The Hall–Kier alpha value is -0.730. The number of azide groups is 1. The quantitative estimate of drug-likeness (QED) is 0.353. The Morgan fingerprint density at radius 2 is 2.33 bits per heavy atom. The third-order valence-electron chi connectivity index (χ3n) is 0.710. The van der Waals surface area contributed by atoms with Crippen LogP contribution in [-0.2, 0) is 0 Å². The second-order valence-corrected chi connectivity index (χ2v) is 1.59. The van der Waals surface area contributed by atoms with Gasteiger partial charge < -0.3 is 5.11 Å². The van der Waals surface area contributed by atoms with E-state index in [0.717, 1.165) is 0 Å². The normalized spacial score (nSPS) is 10.9. The van der Waals surface area contributed by atoms with Crippen molar-refractivity contribution in [1.29, 1.82) is 0 Å². The fourth-order valence-electron chi connectivity index (χ4n) is 0.289. The molecule has 0 radical (unpaired) electrons. The van der Waals surface area contributed by atoms with Gasteiger partial charge in [-0.05, 0) is 18.9 Å². The van der Waals surface area contributed by atoms with Crippen molar-refractivity contribution < 1.29 is 5.11 Å². The summed E-state index contributed by atoms with van der Waals surface area (Å²) in [4.78, 5) is 2.52. The Morgan fingerprint density at radius 1 is 1.78 bits per heavy atom. The highest BCUT2D eigenvalue weighted by atomic mass is 16.3. The molecule has 0 rings (SSSR count). The van der Waals surface area contributed by atoms with E-state index in [9.17, 15) is 0 Å². The lowest BCUT2D eigenvalue weighted by molar-refractivity contribution is 0.187. The van der Waals surface area contributed by atoms with E-state index in [1.807, 2.05) is 0 Å². The van der Waals surface area contributed by atoms with E-state index >= 15 is 0 Å². The van der Waals surface area contributed by atoms with Crippen LogP contribution in [0.2, 0.25) is 0 Å². The fourth-order valence-corrected chi connectivity index (χ4v) is 0.289. The van der Waals surface area contributed by atoms with Gasteiger partial charge >= 0.3 is 0 Å². The van der Waals surface area contributed by atoms with Gasteiger partial charge in [0.2, 0.25) is 0 Å². The SMILES string of the molecule is C.CC(O)CCN=[N+]=[N-]. The summed E-state index contributed by atoms with van der Waals surface area (Å²) < 4.78 is 0. The van der Waals surface area contributed by atoms with Crippen LogP contribution in [-0.4, -0.2) is 17.8 Å². The molecular weight excluding hydrogens is 118 g/mol. The zero-order chi connectivity index (χ0) is 6.41. The topological polar surface area (TPSA) is 69.0 Å². The van der Waals surface area contributed by atoms with Crippen LogP contribution in [0.4, 0.5) is 0 Å². The molecule has 4 heteroatoms. The van der Waals surface area contributed by atoms with Crippen LogP contribution >= 0.6 is 0 Å². The van der Waals surface area contributed by atoms with Crippen LogP contribution in [0, 0.1) is 0 Å². The second-order valence-electron chi connectivity index (χ2n) is 1.59. The summed E-state index contributed by atoms with van der Waals surface area (Å²) in [5.41, 5.74) is 7.76. The van der Waals surface area contributed by atoms with Crippen molar-refractivity contribution in [3.63, 3.8) is 0 Å². The molecule has 0 saturated carbocycles. The van der Waals surface area contributed by atoms with Crippen molar-refractivity contribution in [2.24, 2.45) is 5.11 Å². The van der Waals surface area contributed by atoms with Gasteiger partial charge in [-0.2, -0.15) is 0 Å². The Balaban J connectivity index is 0. The maximum Gasteiger partial charge on any atom is 0.0513 e. The van der Waals surface area contributed by atoms with Crippen molar-refractivity contribution >= 4 is 0 Å². The minimum Gasteiger partial charge on any atom is -0.393 e. The Kier molecular flexibility index (Phi) is 8.98. The summed E-state index contributed by atoms with van der Waals surface area (Å²) in [6.07, 6.45) is 0.185. The first-order valence-electron chi connectivity index (χ1n) is 2.46. The zero-order valence-electron chi connectivity index (χ0n) is 4.78. The predicted molar refractivity (Wildman–Crippen MR) is 37.0 cm³/mol. The maximum atomic E-state index is 8.60. The van der Waals surface area contributed by atoms with Gasteiger partial charge in [0.15, 0.2) is 0 Å². The summed E-state index contributed by atoms with van der Waals surface area (Å²) >= 11 is 0. The minimum atomic E-state index is -0.361. The summed E-state index contributed by atoms with van der Waals surface area (Å²) in [5.74, 6) is 0. The molecule has 1 N–H and O–H groups in total. The smallest absolute Gasteiger partial charge is 0.0513 e. The molecule has 0 aliphatic carbocycles. The zero-order valence-corrected chi connectivity index (χ0v) is 4.78. The predicted octanol–water partition coefficient (Wildman–Crippen LogP) is 1.70. The molecule has 1 atom stereocenters. The third kappa shape index (κ3) is 11.1. The Morgan fingerprint density at radius 3 is 2.67 bits per heavy atom. The molecule has 0 heterocycles. The van der Waals surface area contributed by atoms with Crippen LogP contribution in [0.1, 0.15) is 20.8 Å². The molecule has 0 spiro atoms. The van der Waals surface area contributed by atoms with Crippen LogP contribution in [0.5, 0.6) is 0 Å². The van der Waals surface area contributed by atoms with Crippen LogP contribution in [0.3, 0.4) is 0 Å². The van der Waals surface area contributed by atoms with Crippen molar-refractivity contribution in [3.05, 3.63) is 10.4 Å². The highest BCUT2D eigenvalue weighted by Crippen LogP contribution is 1.88. The molecule has 0 saturated heterocycles. The van der Waals surface area contributed by atoms with Crippen molar-refractivity contribution in [2.75, 3.05) is 6.54 Å². The van der Waals surface area contributed by atoms with E-state index in [2.05, 4.69) is 10.0 Å². The minimum absolute atomic E-state index is 0. The maximum absolute atomic E-state index is 8.60. The molecule has 0 aromatic rings. The number of aliphatic hydroxyl groups is 1. The fraction of sp³-hybridized carbons (Fsp3) is 1.00. The molecule has 0 amide bonds. The Bertz CT molecular complexity index is 96.4. The number of nitrogens with zero attached hydrogens (tertiary/aromatic N) is 3. The number of aliphatic hydroxyl groups excluding tert-OH is 1. The van der Waals surface area contributed by atoms with E-state index < -0.39 is 0 Å². The van der Waals surface area contributed by atoms with Gasteiger partial charge in [-0.3, -0.25) is 0 Å². The average Bonchev–Trinajstić information content (AvgIpc) is 1.66. The van der Waals surface area contributed by atoms with Gasteiger partial charge in [-0.25, -0.2) is 0 Å². The summed E-state index contributed by atoms with van der Waals surface area (Å²) in [6, 6.07) is 0. The third-order valence-corrected chi connectivity index (χ3v) is 0.710. The highest BCUT2D eigenvalue weighted by Gasteiger charge is 1.90. The van der Waals surface area contributed by atoms with E-state index in [1.165, 1.54) is 0 Å². The van der Waals surface area contributed by atoms with Gasteiger partial charge in [0.25, 0.3) is 0 Å². The lowest BCUT2D eigenvalue weighted by atomic mass is 10.3. The average molecular weight is 131 g/mol. The van der Waals surface area contributed by atoms with Crippen molar-refractivity contribution in [1.82, 2.24) is 0 Å².